The van der Waals surface area contributed by atoms with Gasteiger partial charge in [-0.3, -0.25) is 4.79 Å². The van der Waals surface area contributed by atoms with Crippen molar-refractivity contribution in [3.8, 4) is 0 Å². The van der Waals surface area contributed by atoms with Crippen LogP contribution in [-0.2, 0) is 14.8 Å². The molecule has 0 aromatic heterocycles. The number of nitrogens with one attached hydrogen (secondary N) is 2. The molecule has 0 saturated heterocycles. The molecule has 0 atom stereocenters. The monoisotopic (exact) mass is 251 g/mol. The van der Waals surface area contributed by atoms with Crippen molar-refractivity contribution in [2.75, 3.05) is 39.5 Å². The Balaban J connectivity index is 3.81. The van der Waals surface area contributed by atoms with Crippen LogP contribution in [0.15, 0.2) is 0 Å². The minimum Gasteiger partial charge on any atom is -0.342 e. The van der Waals surface area contributed by atoms with Crippen molar-refractivity contribution >= 4 is 15.9 Å². The van der Waals surface area contributed by atoms with Crippen LogP contribution in [0, 0.1) is 0 Å². The second kappa shape index (κ2) is 7.59. The van der Waals surface area contributed by atoms with E-state index in [9.17, 15) is 13.2 Å². The van der Waals surface area contributed by atoms with Gasteiger partial charge in [0.15, 0.2) is 0 Å². The van der Waals surface area contributed by atoms with E-state index in [0.29, 0.717) is 26.1 Å². The van der Waals surface area contributed by atoms with Gasteiger partial charge in [0.2, 0.25) is 15.9 Å². The molecule has 0 spiro atoms. The summed E-state index contributed by atoms with van der Waals surface area (Å²) in [5.74, 6) is 0.00889. The summed E-state index contributed by atoms with van der Waals surface area (Å²) < 4.78 is 24.0. The Labute approximate surface area is 97.4 Å². The molecular weight excluding hydrogens is 230 g/mol. The van der Waals surface area contributed by atoms with Gasteiger partial charge in [0.1, 0.15) is 0 Å². The molecule has 0 radical (unpaired) electrons. The van der Waals surface area contributed by atoms with Crippen LogP contribution in [0.2, 0.25) is 0 Å². The van der Waals surface area contributed by atoms with Gasteiger partial charge in [-0.2, -0.15) is 0 Å². The Bertz CT molecular complexity index is 303. The molecular formula is C9H21N3O3S. The summed E-state index contributed by atoms with van der Waals surface area (Å²) in [4.78, 5) is 12.9. The predicted molar refractivity (Wildman–Crippen MR) is 63.6 cm³/mol. The lowest BCUT2D eigenvalue weighted by atomic mass is 10.3. The number of nitrogens with zero attached hydrogens (tertiary/aromatic N) is 1. The average Bonchev–Trinajstić information content (AvgIpc) is 2.14. The minimum atomic E-state index is -3.13. The zero-order valence-electron chi connectivity index (χ0n) is 10.1. The third-order valence-electron chi connectivity index (χ3n) is 2.05. The van der Waals surface area contributed by atoms with Gasteiger partial charge in [-0.1, -0.05) is 0 Å². The van der Waals surface area contributed by atoms with Gasteiger partial charge in [-0.15, -0.1) is 0 Å². The number of sulfonamides is 1. The van der Waals surface area contributed by atoms with Crippen molar-refractivity contribution in [1.29, 1.82) is 0 Å². The first-order chi connectivity index (χ1) is 7.37. The molecule has 0 aromatic rings. The van der Waals surface area contributed by atoms with Crippen LogP contribution in [0.1, 0.15) is 13.3 Å². The fourth-order valence-electron chi connectivity index (χ4n) is 1.20. The number of amides is 1. The van der Waals surface area contributed by atoms with Gasteiger partial charge in [0.25, 0.3) is 0 Å². The van der Waals surface area contributed by atoms with Gasteiger partial charge in [-0.05, 0) is 13.5 Å². The standard InChI is InChI=1S/C9H21N3O3S/c1-9(13)12(8-6-10-2)7-4-5-11-16(3,14)15/h10-11H,4-8H2,1-3H3. The maximum Gasteiger partial charge on any atom is 0.219 e. The summed E-state index contributed by atoms with van der Waals surface area (Å²) in [7, 11) is -1.30. The summed E-state index contributed by atoms with van der Waals surface area (Å²) in [6, 6.07) is 0. The molecule has 0 aliphatic carbocycles. The summed E-state index contributed by atoms with van der Waals surface area (Å²) in [5, 5.41) is 2.96. The van der Waals surface area contributed by atoms with Crippen LogP contribution in [0.25, 0.3) is 0 Å². The fraction of sp³-hybridized carbons (Fsp3) is 0.889. The highest BCUT2D eigenvalue weighted by Gasteiger charge is 2.07. The van der Waals surface area contributed by atoms with Crippen molar-refractivity contribution in [1.82, 2.24) is 14.9 Å². The Kier molecular flexibility index (Phi) is 7.27. The van der Waals surface area contributed by atoms with Crippen LogP contribution in [0.5, 0.6) is 0 Å². The van der Waals surface area contributed by atoms with Gasteiger partial charge < -0.3 is 10.2 Å². The number of likely N-dealkylation sites (N-methyl/N-ethyl adjacent to an activating group) is 1. The predicted octanol–water partition coefficient (Wildman–Crippen LogP) is -1.01. The van der Waals surface area contributed by atoms with E-state index in [4.69, 9.17) is 0 Å². The first-order valence-corrected chi connectivity index (χ1v) is 7.10. The Hall–Kier alpha value is -0.660. The molecule has 0 fully saturated rings. The first kappa shape index (κ1) is 15.3. The molecule has 16 heavy (non-hydrogen) atoms. The molecule has 0 aromatic carbocycles. The summed E-state index contributed by atoms with van der Waals surface area (Å²) in [6.45, 7) is 3.82. The highest BCUT2D eigenvalue weighted by Crippen LogP contribution is 1.92. The van der Waals surface area contributed by atoms with E-state index in [1.54, 1.807) is 4.90 Å². The van der Waals surface area contributed by atoms with Gasteiger partial charge >= 0.3 is 0 Å². The first-order valence-electron chi connectivity index (χ1n) is 5.21. The fourth-order valence-corrected chi connectivity index (χ4v) is 1.72. The molecule has 7 heteroatoms. The summed E-state index contributed by atoms with van der Waals surface area (Å²) >= 11 is 0. The second-order valence-electron chi connectivity index (χ2n) is 3.63. The topological polar surface area (TPSA) is 78.5 Å². The molecule has 6 nitrogen and oxygen atoms in total. The van der Waals surface area contributed by atoms with Crippen molar-refractivity contribution in [2.45, 2.75) is 13.3 Å². The molecule has 0 aliphatic rings. The van der Waals surface area contributed by atoms with Gasteiger partial charge in [0, 0.05) is 33.1 Å². The van der Waals surface area contributed by atoms with E-state index in [1.165, 1.54) is 6.92 Å². The van der Waals surface area contributed by atoms with Crippen LogP contribution in [-0.4, -0.2) is 58.7 Å². The van der Waals surface area contributed by atoms with Crippen molar-refractivity contribution in [3.05, 3.63) is 0 Å². The SMILES string of the molecule is CNCCN(CCCNS(C)(=O)=O)C(C)=O. The molecule has 0 bridgehead atoms. The number of rotatable bonds is 8. The van der Waals surface area contributed by atoms with E-state index in [-0.39, 0.29) is 5.91 Å². The highest BCUT2D eigenvalue weighted by atomic mass is 32.2. The molecule has 0 heterocycles. The van der Waals surface area contributed by atoms with E-state index in [1.807, 2.05) is 7.05 Å². The average molecular weight is 251 g/mol. The molecule has 0 rings (SSSR count). The van der Waals surface area contributed by atoms with Crippen LogP contribution in [0.3, 0.4) is 0 Å². The molecule has 0 saturated carbocycles. The highest BCUT2D eigenvalue weighted by molar-refractivity contribution is 7.88. The van der Waals surface area contributed by atoms with E-state index < -0.39 is 10.0 Å². The smallest absolute Gasteiger partial charge is 0.219 e. The van der Waals surface area contributed by atoms with Gasteiger partial charge in [0.05, 0.1) is 6.26 Å². The van der Waals surface area contributed by atoms with Crippen LogP contribution >= 0.6 is 0 Å². The number of hydrogen-bond donors (Lipinski definition) is 2. The maximum absolute atomic E-state index is 11.2. The molecule has 2 N–H and O–H groups in total. The van der Waals surface area contributed by atoms with Crippen LogP contribution in [0.4, 0.5) is 0 Å². The lowest BCUT2D eigenvalue weighted by molar-refractivity contribution is -0.128. The third-order valence-corrected chi connectivity index (χ3v) is 2.77. The summed E-state index contributed by atoms with van der Waals surface area (Å²) in [5.41, 5.74) is 0. The maximum atomic E-state index is 11.2. The van der Waals surface area contributed by atoms with Crippen molar-refractivity contribution in [3.63, 3.8) is 0 Å². The number of carbonyl (C=O) groups is 1. The minimum absolute atomic E-state index is 0.00889. The largest absolute Gasteiger partial charge is 0.342 e. The Morgan fingerprint density at radius 2 is 1.88 bits per heavy atom. The number of hydrogen-bond acceptors (Lipinski definition) is 4. The molecule has 96 valence electrons. The number of carbonyl (C=O) groups excluding carboxylic acids is 1. The van der Waals surface area contributed by atoms with Crippen molar-refractivity contribution in [2.24, 2.45) is 0 Å². The molecule has 1 amide bonds. The Morgan fingerprint density at radius 3 is 2.31 bits per heavy atom. The van der Waals surface area contributed by atoms with Crippen molar-refractivity contribution < 1.29 is 13.2 Å². The lowest BCUT2D eigenvalue weighted by Crippen LogP contribution is -2.36. The van der Waals surface area contributed by atoms with E-state index in [0.717, 1.165) is 12.8 Å². The zero-order chi connectivity index (χ0) is 12.6. The quantitative estimate of drug-likeness (QED) is 0.542. The van der Waals surface area contributed by atoms with Gasteiger partial charge in [-0.25, -0.2) is 13.1 Å². The second-order valence-corrected chi connectivity index (χ2v) is 5.46. The van der Waals surface area contributed by atoms with E-state index >= 15 is 0 Å². The van der Waals surface area contributed by atoms with E-state index in [2.05, 4.69) is 10.0 Å². The van der Waals surface area contributed by atoms with Crippen LogP contribution < -0.4 is 10.0 Å². The summed E-state index contributed by atoms with van der Waals surface area (Å²) in [6.07, 6.45) is 1.74. The Morgan fingerprint density at radius 1 is 1.25 bits per heavy atom. The zero-order valence-corrected chi connectivity index (χ0v) is 10.9. The molecule has 0 aliphatic heterocycles. The normalized spacial score (nSPS) is 11.4. The lowest BCUT2D eigenvalue weighted by Gasteiger charge is -2.20. The third kappa shape index (κ3) is 8.63. The molecule has 0 unspecified atom stereocenters.